The van der Waals surface area contributed by atoms with Gasteiger partial charge in [-0.2, -0.15) is 0 Å². The fourth-order valence-corrected chi connectivity index (χ4v) is 4.34. The van der Waals surface area contributed by atoms with Gasteiger partial charge in [0.1, 0.15) is 11.5 Å². The molecule has 3 N–H and O–H groups in total. The number of rotatable bonds is 7. The van der Waals surface area contributed by atoms with Crippen LogP contribution in [0.3, 0.4) is 0 Å². The number of carbonyl (C=O) groups excluding carboxylic acids is 3. The average molecular weight is 555 g/mol. The van der Waals surface area contributed by atoms with Crippen LogP contribution in [0.15, 0.2) is 60.7 Å². The molecule has 1 heterocycles. The molecule has 7 nitrogen and oxygen atoms in total. The van der Waals surface area contributed by atoms with Gasteiger partial charge in [0.05, 0.1) is 10.6 Å². The van der Waals surface area contributed by atoms with Crippen LogP contribution in [0.1, 0.15) is 40.3 Å². The highest BCUT2D eigenvalue weighted by Crippen LogP contribution is 2.26. The Hall–Kier alpha value is -3.88. The third-order valence-electron chi connectivity index (χ3n) is 5.92. The molecule has 0 spiro atoms. The standard InChI is InChI=1S/C28H25Cl2FN4O3/c1-15(2)26(36)32-14-16-4-6-23(30)22(8-16)27(37)33-20-5-7-24-17(9-20)10-25(35(24)3)28(38)34-21-12-18(29)11-19(31)13-21/h4-13,15H,14H2,1-3H3,(H,32,36)(H,33,37)(H,34,38). The minimum absolute atomic E-state index is 0.0881. The van der Waals surface area contributed by atoms with Crippen molar-refractivity contribution in [2.24, 2.45) is 13.0 Å². The molecule has 0 aliphatic rings. The molecule has 0 atom stereocenters. The second kappa shape index (κ2) is 11.2. The number of benzene rings is 3. The second-order valence-corrected chi connectivity index (χ2v) is 9.96. The Morgan fingerprint density at radius 2 is 1.63 bits per heavy atom. The molecule has 0 unspecified atom stereocenters. The van der Waals surface area contributed by atoms with Gasteiger partial charge in [0.2, 0.25) is 5.91 Å². The summed E-state index contributed by atoms with van der Waals surface area (Å²) in [6.07, 6.45) is 0. The average Bonchev–Trinajstić information content (AvgIpc) is 3.18. The van der Waals surface area contributed by atoms with Crippen LogP contribution in [0.25, 0.3) is 10.9 Å². The summed E-state index contributed by atoms with van der Waals surface area (Å²) in [6, 6.07) is 15.7. The van der Waals surface area contributed by atoms with Gasteiger partial charge in [0, 0.05) is 46.8 Å². The number of halogens is 3. The first-order chi connectivity index (χ1) is 18.0. The summed E-state index contributed by atoms with van der Waals surface area (Å²) in [5.41, 5.74) is 2.84. The molecule has 196 valence electrons. The number of aromatic nitrogens is 1. The third kappa shape index (κ3) is 6.15. The van der Waals surface area contributed by atoms with Gasteiger partial charge >= 0.3 is 0 Å². The van der Waals surface area contributed by atoms with E-state index in [1.165, 1.54) is 12.1 Å². The molecule has 0 radical (unpaired) electrons. The van der Waals surface area contributed by atoms with Crippen LogP contribution in [0, 0.1) is 11.7 Å². The highest BCUT2D eigenvalue weighted by Gasteiger charge is 2.17. The van der Waals surface area contributed by atoms with Crippen LogP contribution < -0.4 is 16.0 Å². The van der Waals surface area contributed by atoms with E-state index in [0.717, 1.165) is 17.1 Å². The van der Waals surface area contributed by atoms with E-state index in [1.54, 1.807) is 67.9 Å². The molecule has 3 amide bonds. The molecule has 0 bridgehead atoms. The lowest BCUT2D eigenvalue weighted by molar-refractivity contribution is -0.124. The van der Waals surface area contributed by atoms with E-state index in [2.05, 4.69) is 16.0 Å². The Kier molecular flexibility index (Phi) is 8.04. The van der Waals surface area contributed by atoms with E-state index in [1.807, 2.05) is 0 Å². The number of fused-ring (bicyclic) bond motifs is 1. The smallest absolute Gasteiger partial charge is 0.272 e. The van der Waals surface area contributed by atoms with Gasteiger partial charge in [0.15, 0.2) is 0 Å². The molecule has 4 rings (SSSR count). The molecule has 38 heavy (non-hydrogen) atoms. The van der Waals surface area contributed by atoms with Gasteiger partial charge < -0.3 is 20.5 Å². The Labute approximate surface area is 228 Å². The Balaban J connectivity index is 1.52. The summed E-state index contributed by atoms with van der Waals surface area (Å²) in [7, 11) is 1.73. The van der Waals surface area contributed by atoms with Gasteiger partial charge in [-0.15, -0.1) is 0 Å². The number of carbonyl (C=O) groups is 3. The molecule has 4 aromatic rings. The van der Waals surface area contributed by atoms with E-state index >= 15 is 0 Å². The fraction of sp³-hybridized carbons (Fsp3) is 0.179. The number of aryl methyl sites for hydroxylation is 1. The van der Waals surface area contributed by atoms with Crippen molar-refractivity contribution >= 4 is 63.2 Å². The Morgan fingerprint density at radius 3 is 2.34 bits per heavy atom. The third-order valence-corrected chi connectivity index (χ3v) is 6.47. The maximum Gasteiger partial charge on any atom is 0.272 e. The molecule has 0 aliphatic carbocycles. The molecule has 3 aromatic carbocycles. The summed E-state index contributed by atoms with van der Waals surface area (Å²) < 4.78 is 15.3. The van der Waals surface area contributed by atoms with Crippen LogP contribution in [-0.2, 0) is 18.4 Å². The van der Waals surface area contributed by atoms with Crippen molar-refractivity contribution in [1.82, 2.24) is 9.88 Å². The van der Waals surface area contributed by atoms with Crippen molar-refractivity contribution in [2.45, 2.75) is 20.4 Å². The monoisotopic (exact) mass is 554 g/mol. The summed E-state index contributed by atoms with van der Waals surface area (Å²) in [6.45, 7) is 3.88. The van der Waals surface area contributed by atoms with Crippen molar-refractivity contribution in [2.75, 3.05) is 10.6 Å². The van der Waals surface area contributed by atoms with E-state index in [-0.39, 0.29) is 39.7 Å². The zero-order valence-electron chi connectivity index (χ0n) is 20.9. The van der Waals surface area contributed by atoms with Crippen molar-refractivity contribution in [3.63, 3.8) is 0 Å². The molecule has 1 aromatic heterocycles. The van der Waals surface area contributed by atoms with E-state index < -0.39 is 17.6 Å². The number of hydrogen-bond donors (Lipinski definition) is 3. The number of nitrogens with zero attached hydrogens (tertiary/aromatic N) is 1. The highest BCUT2D eigenvalue weighted by molar-refractivity contribution is 6.34. The number of amides is 3. The number of hydrogen-bond acceptors (Lipinski definition) is 3. The molecular weight excluding hydrogens is 530 g/mol. The minimum Gasteiger partial charge on any atom is -0.352 e. The van der Waals surface area contributed by atoms with Crippen LogP contribution in [0.2, 0.25) is 10.0 Å². The van der Waals surface area contributed by atoms with Gasteiger partial charge in [0.25, 0.3) is 11.8 Å². The van der Waals surface area contributed by atoms with Crippen LogP contribution >= 0.6 is 23.2 Å². The Morgan fingerprint density at radius 1 is 0.895 bits per heavy atom. The SMILES string of the molecule is CC(C)C(=O)NCc1ccc(Cl)c(C(=O)Nc2ccc3c(c2)cc(C(=O)Nc2cc(F)cc(Cl)c2)n3C)c1. The van der Waals surface area contributed by atoms with Crippen LogP contribution in [-0.4, -0.2) is 22.3 Å². The predicted molar refractivity (Wildman–Crippen MR) is 148 cm³/mol. The van der Waals surface area contributed by atoms with E-state index in [4.69, 9.17) is 23.2 Å². The zero-order chi connectivity index (χ0) is 27.6. The van der Waals surface area contributed by atoms with Crippen molar-refractivity contribution in [3.8, 4) is 0 Å². The summed E-state index contributed by atoms with van der Waals surface area (Å²) >= 11 is 12.2. The topological polar surface area (TPSA) is 92.2 Å². The van der Waals surface area contributed by atoms with Gasteiger partial charge in [-0.25, -0.2) is 4.39 Å². The van der Waals surface area contributed by atoms with E-state index in [9.17, 15) is 18.8 Å². The molecule has 0 saturated carbocycles. The predicted octanol–water partition coefficient (Wildman–Crippen LogP) is 6.40. The van der Waals surface area contributed by atoms with Gasteiger partial charge in [-0.05, 0) is 60.2 Å². The molecular formula is C28H25Cl2FN4O3. The van der Waals surface area contributed by atoms with Gasteiger partial charge in [-0.3, -0.25) is 14.4 Å². The molecule has 0 saturated heterocycles. The van der Waals surface area contributed by atoms with E-state index in [0.29, 0.717) is 16.8 Å². The molecule has 10 heteroatoms. The van der Waals surface area contributed by atoms with Crippen molar-refractivity contribution < 1.29 is 18.8 Å². The lowest BCUT2D eigenvalue weighted by Gasteiger charge is -2.11. The quantitative estimate of drug-likeness (QED) is 0.246. The first kappa shape index (κ1) is 27.2. The lowest BCUT2D eigenvalue weighted by Crippen LogP contribution is -2.27. The number of nitrogens with one attached hydrogen (secondary N) is 3. The van der Waals surface area contributed by atoms with Crippen LogP contribution in [0.4, 0.5) is 15.8 Å². The zero-order valence-corrected chi connectivity index (χ0v) is 22.4. The maximum absolute atomic E-state index is 13.6. The van der Waals surface area contributed by atoms with Crippen molar-refractivity contribution in [1.29, 1.82) is 0 Å². The number of anilines is 2. The minimum atomic E-state index is -0.559. The molecule has 0 fully saturated rings. The van der Waals surface area contributed by atoms with Crippen molar-refractivity contribution in [3.05, 3.63) is 93.3 Å². The second-order valence-electron chi connectivity index (χ2n) is 9.12. The summed E-state index contributed by atoms with van der Waals surface area (Å²) in [5.74, 6) is -1.65. The van der Waals surface area contributed by atoms with Crippen LogP contribution in [0.5, 0.6) is 0 Å². The normalized spacial score (nSPS) is 11.0. The first-order valence-corrected chi connectivity index (χ1v) is 12.5. The largest absolute Gasteiger partial charge is 0.352 e. The highest BCUT2D eigenvalue weighted by atomic mass is 35.5. The first-order valence-electron chi connectivity index (χ1n) is 11.8. The van der Waals surface area contributed by atoms with Gasteiger partial charge in [-0.1, -0.05) is 43.1 Å². The lowest BCUT2D eigenvalue weighted by atomic mass is 10.1. The fourth-order valence-electron chi connectivity index (χ4n) is 3.91. The maximum atomic E-state index is 13.6. The summed E-state index contributed by atoms with van der Waals surface area (Å²) in [5, 5.41) is 9.46. The Bertz CT molecular complexity index is 1550. The molecule has 0 aliphatic heterocycles. The summed E-state index contributed by atoms with van der Waals surface area (Å²) in [4.78, 5) is 37.8.